The van der Waals surface area contributed by atoms with Crippen molar-refractivity contribution in [3.63, 3.8) is 0 Å². The number of benzene rings is 3. The molecule has 2 aliphatic rings. The third-order valence-corrected chi connectivity index (χ3v) is 5.98. The quantitative estimate of drug-likeness (QED) is 0.608. The van der Waals surface area contributed by atoms with Crippen LogP contribution in [0.3, 0.4) is 0 Å². The van der Waals surface area contributed by atoms with E-state index in [1.165, 1.54) is 0 Å². The first kappa shape index (κ1) is 19.4. The van der Waals surface area contributed by atoms with Crippen molar-refractivity contribution in [3.8, 4) is 22.6 Å². The normalized spacial score (nSPS) is 19.7. The fourth-order valence-corrected chi connectivity index (χ4v) is 4.42. The van der Waals surface area contributed by atoms with Gasteiger partial charge in [0.2, 0.25) is 0 Å². The average Bonchev–Trinajstić information content (AvgIpc) is 3.25. The number of nitrogens with zero attached hydrogens (tertiary/aromatic N) is 3. The van der Waals surface area contributed by atoms with Crippen LogP contribution in [-0.2, 0) is 5.54 Å². The summed E-state index contributed by atoms with van der Waals surface area (Å²) < 4.78 is 11.0. The maximum Gasteiger partial charge on any atom is 0.170 e. The molecule has 5 nitrogen and oxygen atoms in total. The van der Waals surface area contributed by atoms with Crippen molar-refractivity contribution in [1.29, 1.82) is 0 Å². The molecule has 3 aromatic carbocycles. The van der Waals surface area contributed by atoms with Crippen molar-refractivity contribution in [2.24, 2.45) is 9.98 Å². The Bertz CT molecular complexity index is 1170. The molecular formula is C26H25N3O2. The summed E-state index contributed by atoms with van der Waals surface area (Å²) >= 11 is 0. The van der Waals surface area contributed by atoms with Crippen LogP contribution in [0.1, 0.15) is 17.5 Å². The number of methoxy groups -OCH3 is 2. The maximum absolute atomic E-state index is 5.53. The van der Waals surface area contributed by atoms with Gasteiger partial charge in [-0.2, -0.15) is 0 Å². The monoisotopic (exact) mass is 411 g/mol. The minimum absolute atomic E-state index is 0.691. The topological polar surface area (TPSA) is 46.4 Å². The van der Waals surface area contributed by atoms with E-state index in [2.05, 4.69) is 53.4 Å². The Labute approximate surface area is 182 Å². The molecule has 31 heavy (non-hydrogen) atoms. The molecule has 0 aromatic heterocycles. The van der Waals surface area contributed by atoms with Crippen LogP contribution >= 0.6 is 0 Å². The Hall–Kier alpha value is -3.60. The number of hydrogen-bond acceptors (Lipinski definition) is 5. The lowest BCUT2D eigenvalue weighted by Gasteiger charge is -2.33. The van der Waals surface area contributed by atoms with Gasteiger partial charge >= 0.3 is 0 Å². The number of hydrogen-bond donors (Lipinski definition) is 0. The van der Waals surface area contributed by atoms with Crippen LogP contribution in [0.2, 0.25) is 0 Å². The summed E-state index contributed by atoms with van der Waals surface area (Å²) in [7, 11) is 3.38. The summed E-state index contributed by atoms with van der Waals surface area (Å²) in [6, 6.07) is 24.8. The van der Waals surface area contributed by atoms with E-state index < -0.39 is 5.54 Å². The number of rotatable bonds is 5. The summed E-state index contributed by atoms with van der Waals surface area (Å²) in [4.78, 5) is 12.2. The van der Waals surface area contributed by atoms with Crippen molar-refractivity contribution in [2.75, 3.05) is 27.3 Å². The molecule has 1 atom stereocenters. The van der Waals surface area contributed by atoms with Crippen LogP contribution in [0.15, 0.2) is 82.8 Å². The molecule has 1 unspecified atom stereocenters. The summed E-state index contributed by atoms with van der Waals surface area (Å²) in [5.74, 6) is 2.63. The van der Waals surface area contributed by atoms with Crippen molar-refractivity contribution in [1.82, 2.24) is 4.90 Å². The number of fused-ring (bicyclic) bond motifs is 1. The van der Waals surface area contributed by atoms with Crippen LogP contribution < -0.4 is 9.47 Å². The van der Waals surface area contributed by atoms with E-state index in [9.17, 15) is 0 Å². The Balaban J connectivity index is 1.70. The molecule has 0 fully saturated rings. The molecule has 0 saturated carbocycles. The molecule has 0 aliphatic carbocycles. The fourth-order valence-electron chi connectivity index (χ4n) is 4.42. The van der Waals surface area contributed by atoms with Crippen molar-refractivity contribution in [3.05, 3.63) is 83.9 Å². The molecule has 0 saturated heterocycles. The van der Waals surface area contributed by atoms with Gasteiger partial charge in [0.1, 0.15) is 17.3 Å². The molecule has 0 N–H and O–H groups in total. The molecule has 5 heteroatoms. The van der Waals surface area contributed by atoms with E-state index in [0.29, 0.717) is 0 Å². The van der Waals surface area contributed by atoms with E-state index >= 15 is 0 Å². The Morgan fingerprint density at radius 3 is 2.23 bits per heavy atom. The predicted octanol–water partition coefficient (Wildman–Crippen LogP) is 4.76. The zero-order valence-corrected chi connectivity index (χ0v) is 17.8. The van der Waals surface area contributed by atoms with Crippen LogP contribution in [0.25, 0.3) is 11.1 Å². The minimum atomic E-state index is -0.691. The van der Waals surface area contributed by atoms with Gasteiger partial charge in [-0.1, -0.05) is 42.5 Å². The van der Waals surface area contributed by atoms with E-state index in [4.69, 9.17) is 19.5 Å². The highest BCUT2D eigenvalue weighted by Gasteiger charge is 2.46. The SMILES string of the molecule is COc1cccc(-c2cccc(C3(c4cccc(OC)c4)N=CN4CCCN=C43)c2)c1. The predicted molar refractivity (Wildman–Crippen MR) is 124 cm³/mol. The summed E-state index contributed by atoms with van der Waals surface area (Å²) in [6.07, 6.45) is 2.98. The smallest absolute Gasteiger partial charge is 0.170 e. The minimum Gasteiger partial charge on any atom is -0.497 e. The van der Waals surface area contributed by atoms with Crippen molar-refractivity contribution >= 4 is 12.2 Å². The average molecular weight is 412 g/mol. The molecule has 3 aromatic rings. The molecule has 0 radical (unpaired) electrons. The highest BCUT2D eigenvalue weighted by molar-refractivity contribution is 6.07. The summed E-state index contributed by atoms with van der Waals surface area (Å²) in [5, 5.41) is 0. The van der Waals surface area contributed by atoms with E-state index in [1.54, 1.807) is 14.2 Å². The lowest BCUT2D eigenvalue weighted by molar-refractivity contribution is 0.413. The molecule has 5 rings (SSSR count). The second-order valence-electron chi connectivity index (χ2n) is 7.75. The number of aliphatic imine (C=N–C) groups is 2. The van der Waals surface area contributed by atoms with Crippen LogP contribution in [-0.4, -0.2) is 44.4 Å². The Kier molecular flexibility index (Phi) is 4.94. The van der Waals surface area contributed by atoms with Gasteiger partial charge in [-0.05, 0) is 59.0 Å². The van der Waals surface area contributed by atoms with Crippen LogP contribution in [0, 0.1) is 0 Å². The molecule has 0 spiro atoms. The first-order valence-electron chi connectivity index (χ1n) is 10.5. The molecule has 2 heterocycles. The van der Waals surface area contributed by atoms with Gasteiger partial charge in [-0.3, -0.25) is 9.98 Å². The summed E-state index contributed by atoms with van der Waals surface area (Å²) in [6.45, 7) is 1.75. The van der Waals surface area contributed by atoms with Gasteiger partial charge in [0.15, 0.2) is 5.54 Å². The van der Waals surface area contributed by atoms with Crippen LogP contribution in [0.4, 0.5) is 0 Å². The third kappa shape index (κ3) is 3.26. The largest absolute Gasteiger partial charge is 0.497 e. The van der Waals surface area contributed by atoms with Gasteiger partial charge in [0.25, 0.3) is 0 Å². The van der Waals surface area contributed by atoms with E-state index in [1.807, 2.05) is 30.6 Å². The molecule has 156 valence electrons. The van der Waals surface area contributed by atoms with Gasteiger partial charge in [-0.25, -0.2) is 0 Å². The lowest BCUT2D eigenvalue weighted by atomic mass is 9.81. The zero-order valence-electron chi connectivity index (χ0n) is 17.8. The first-order chi connectivity index (χ1) is 15.2. The standard InChI is InChI=1S/C26H25N3O2/c1-30-23-11-4-8-20(16-23)19-7-3-9-21(15-19)26(22-10-5-12-24(17-22)31-2)25-27-13-6-14-29(25)18-28-26/h3-5,7-12,15-18H,6,13-14H2,1-2H3. The van der Waals surface area contributed by atoms with Crippen molar-refractivity contribution < 1.29 is 9.47 Å². The van der Waals surface area contributed by atoms with Gasteiger partial charge in [-0.15, -0.1) is 0 Å². The molecule has 2 aliphatic heterocycles. The Morgan fingerprint density at radius 1 is 0.806 bits per heavy atom. The second kappa shape index (κ2) is 7.91. The van der Waals surface area contributed by atoms with Gasteiger partial charge in [0, 0.05) is 13.1 Å². The third-order valence-electron chi connectivity index (χ3n) is 5.98. The number of ether oxygens (including phenoxy) is 2. The lowest BCUT2D eigenvalue weighted by Crippen LogP contribution is -2.43. The highest BCUT2D eigenvalue weighted by atomic mass is 16.5. The second-order valence-corrected chi connectivity index (χ2v) is 7.75. The van der Waals surface area contributed by atoms with E-state index in [-0.39, 0.29) is 0 Å². The Morgan fingerprint density at radius 2 is 1.45 bits per heavy atom. The molecular weight excluding hydrogens is 386 g/mol. The maximum atomic E-state index is 5.53. The highest BCUT2D eigenvalue weighted by Crippen LogP contribution is 2.42. The molecule has 0 amide bonds. The van der Waals surface area contributed by atoms with Gasteiger partial charge < -0.3 is 14.4 Å². The zero-order chi connectivity index (χ0) is 21.3. The first-order valence-corrected chi connectivity index (χ1v) is 10.5. The molecule has 0 bridgehead atoms. The fraction of sp³-hybridized carbons (Fsp3) is 0.231. The van der Waals surface area contributed by atoms with E-state index in [0.717, 1.165) is 59.1 Å². The van der Waals surface area contributed by atoms with Gasteiger partial charge in [0.05, 0.1) is 20.6 Å². The van der Waals surface area contributed by atoms with Crippen molar-refractivity contribution in [2.45, 2.75) is 12.0 Å². The number of amidine groups is 1. The van der Waals surface area contributed by atoms with Crippen LogP contribution in [0.5, 0.6) is 11.5 Å². The summed E-state index contributed by atoms with van der Waals surface area (Å²) in [5.41, 5.74) is 3.66.